The van der Waals surface area contributed by atoms with Gasteiger partial charge in [-0.1, -0.05) is 39.8 Å². The molecule has 5 fully saturated rings. The van der Waals surface area contributed by atoms with Gasteiger partial charge in [0.15, 0.2) is 0 Å². The van der Waals surface area contributed by atoms with Gasteiger partial charge in [-0.05, 0) is 117 Å². The number of fused-ring (bicyclic) bond motifs is 7. The number of allylic oxidation sites excluding steroid dienone is 1. The zero-order valence-electron chi connectivity index (χ0n) is 22.2. The van der Waals surface area contributed by atoms with Crippen molar-refractivity contribution in [3.05, 3.63) is 12.2 Å². The first-order valence-electron chi connectivity index (χ1n) is 14.0. The van der Waals surface area contributed by atoms with E-state index < -0.39 is 22.9 Å². The summed E-state index contributed by atoms with van der Waals surface area (Å²) in [6.45, 7) is 16.2. The van der Waals surface area contributed by atoms with Gasteiger partial charge in [-0.25, -0.2) is 0 Å². The van der Waals surface area contributed by atoms with Crippen molar-refractivity contribution in [1.29, 1.82) is 0 Å². The molecule has 34 heavy (non-hydrogen) atoms. The molecule has 0 aliphatic heterocycles. The molecule has 5 rings (SSSR count). The Bertz CT molecular complexity index is 883. The molecule has 0 heterocycles. The maximum atomic E-state index is 12.8. The van der Waals surface area contributed by atoms with E-state index in [9.17, 15) is 20.1 Å². The Hall–Kier alpha value is -0.870. The summed E-state index contributed by atoms with van der Waals surface area (Å²) in [7, 11) is 0. The number of carboxylic acids is 1. The summed E-state index contributed by atoms with van der Waals surface area (Å²) in [5, 5.41) is 31.8. The largest absolute Gasteiger partial charge is 0.481 e. The molecule has 0 bridgehead atoms. The number of aliphatic hydroxyl groups excluding tert-OH is 2. The highest BCUT2D eigenvalue weighted by molar-refractivity contribution is 5.76. The molecule has 5 aliphatic rings. The monoisotopic (exact) mass is 472 g/mol. The highest BCUT2D eigenvalue weighted by atomic mass is 16.4. The third kappa shape index (κ3) is 2.76. The van der Waals surface area contributed by atoms with Crippen LogP contribution in [0, 0.1) is 56.7 Å². The van der Waals surface area contributed by atoms with Gasteiger partial charge in [-0.2, -0.15) is 0 Å². The highest BCUT2D eigenvalue weighted by Crippen LogP contribution is 2.77. The summed E-state index contributed by atoms with van der Waals surface area (Å²) in [6, 6.07) is 0. The minimum atomic E-state index is -0.567. The highest BCUT2D eigenvalue weighted by Gasteiger charge is 2.72. The van der Waals surface area contributed by atoms with E-state index >= 15 is 0 Å². The van der Waals surface area contributed by atoms with Crippen molar-refractivity contribution in [2.45, 2.75) is 105 Å². The maximum Gasteiger partial charge on any atom is 0.309 e. The van der Waals surface area contributed by atoms with Crippen LogP contribution < -0.4 is 0 Å². The third-order valence-electron chi connectivity index (χ3n) is 13.6. The van der Waals surface area contributed by atoms with Gasteiger partial charge in [-0.15, -0.1) is 0 Å². The van der Waals surface area contributed by atoms with Crippen LogP contribution in [-0.4, -0.2) is 34.0 Å². The fourth-order valence-corrected chi connectivity index (χ4v) is 11.5. The summed E-state index contributed by atoms with van der Waals surface area (Å²) < 4.78 is 0. The van der Waals surface area contributed by atoms with E-state index in [0.717, 1.165) is 64.2 Å². The number of carbonyl (C=O) groups is 1. The Balaban J connectivity index is 1.56. The molecule has 11 atom stereocenters. The molecule has 5 aliphatic carbocycles. The third-order valence-corrected chi connectivity index (χ3v) is 13.6. The summed E-state index contributed by atoms with van der Waals surface area (Å²) >= 11 is 0. The predicted octanol–water partition coefficient (Wildman–Crippen LogP) is 6.06. The number of aliphatic carboxylic acids is 1. The van der Waals surface area contributed by atoms with Crippen LogP contribution in [0.3, 0.4) is 0 Å². The molecule has 0 aromatic rings. The Labute approximate surface area is 206 Å². The van der Waals surface area contributed by atoms with Crippen LogP contribution >= 0.6 is 0 Å². The van der Waals surface area contributed by atoms with Crippen LogP contribution in [0.5, 0.6) is 0 Å². The number of aliphatic hydroxyl groups is 2. The summed E-state index contributed by atoms with van der Waals surface area (Å²) in [6.07, 6.45) is 9.43. The van der Waals surface area contributed by atoms with Gasteiger partial charge in [-0.3, -0.25) is 4.79 Å². The average molecular weight is 473 g/mol. The van der Waals surface area contributed by atoms with Crippen LogP contribution in [0.15, 0.2) is 12.2 Å². The minimum Gasteiger partial charge on any atom is -0.481 e. The molecule has 0 spiro atoms. The van der Waals surface area contributed by atoms with E-state index in [1.165, 1.54) is 5.57 Å². The number of rotatable bonds is 3. The SMILES string of the molecule is C=C(C)[C@@H]1CC[C@]2(C(=O)O)CC[C@]3(C)[C@H](CC[C@@H]4[C@@]5(C)CC[C@H](O)C(C)(CO)[C@@H]5CC[C@]43C)[C@@H]12. The molecule has 4 nitrogen and oxygen atoms in total. The molecule has 1 unspecified atom stereocenters. The van der Waals surface area contributed by atoms with E-state index in [2.05, 4.69) is 41.2 Å². The Morgan fingerprint density at radius 1 is 0.882 bits per heavy atom. The lowest BCUT2D eigenvalue weighted by Gasteiger charge is -2.72. The van der Waals surface area contributed by atoms with Crippen molar-refractivity contribution in [3.8, 4) is 0 Å². The van der Waals surface area contributed by atoms with Gasteiger partial charge in [0.2, 0.25) is 0 Å². The number of hydrogen-bond donors (Lipinski definition) is 3. The maximum absolute atomic E-state index is 12.8. The van der Waals surface area contributed by atoms with Crippen LogP contribution in [0.1, 0.15) is 98.8 Å². The van der Waals surface area contributed by atoms with Crippen molar-refractivity contribution >= 4 is 5.97 Å². The van der Waals surface area contributed by atoms with Crippen LogP contribution in [0.4, 0.5) is 0 Å². The summed E-state index contributed by atoms with van der Waals surface area (Å²) in [5.74, 6) is 1.30. The van der Waals surface area contributed by atoms with Gasteiger partial charge in [0.1, 0.15) is 0 Å². The van der Waals surface area contributed by atoms with Crippen LogP contribution in [0.2, 0.25) is 0 Å². The molecule has 5 saturated carbocycles. The summed E-state index contributed by atoms with van der Waals surface area (Å²) in [4.78, 5) is 12.8. The van der Waals surface area contributed by atoms with Crippen molar-refractivity contribution < 1.29 is 20.1 Å². The van der Waals surface area contributed by atoms with Gasteiger partial charge >= 0.3 is 5.97 Å². The van der Waals surface area contributed by atoms with Gasteiger partial charge in [0, 0.05) is 5.41 Å². The molecule has 0 aromatic carbocycles. The Morgan fingerprint density at radius 2 is 1.59 bits per heavy atom. The Kier molecular flexibility index (Phi) is 5.52. The fraction of sp³-hybridized carbons (Fsp3) is 0.900. The van der Waals surface area contributed by atoms with Gasteiger partial charge < -0.3 is 15.3 Å². The molecule has 0 aromatic heterocycles. The second-order valence-corrected chi connectivity index (χ2v) is 14.4. The molecule has 0 saturated heterocycles. The van der Waals surface area contributed by atoms with Crippen molar-refractivity contribution in [3.63, 3.8) is 0 Å². The lowest BCUT2D eigenvalue weighted by molar-refractivity contribution is -0.254. The Morgan fingerprint density at radius 3 is 2.21 bits per heavy atom. The number of hydrogen-bond acceptors (Lipinski definition) is 3. The smallest absolute Gasteiger partial charge is 0.309 e. The lowest BCUT2D eigenvalue weighted by Crippen LogP contribution is -2.67. The number of carboxylic acid groups (broad SMARTS) is 1. The van der Waals surface area contributed by atoms with E-state index in [1.807, 2.05) is 0 Å². The van der Waals surface area contributed by atoms with Crippen molar-refractivity contribution in [2.75, 3.05) is 6.61 Å². The lowest BCUT2D eigenvalue weighted by atomic mass is 9.32. The average Bonchev–Trinajstić information content (AvgIpc) is 3.18. The molecule has 0 amide bonds. The molecule has 3 N–H and O–H groups in total. The normalized spacial score (nSPS) is 56.6. The molecular formula is C30H48O4. The fourth-order valence-electron chi connectivity index (χ4n) is 11.5. The quantitative estimate of drug-likeness (QED) is 0.436. The van der Waals surface area contributed by atoms with Gasteiger partial charge in [0.05, 0.1) is 18.1 Å². The first kappa shape index (κ1) is 24.8. The molecule has 4 heteroatoms. The summed E-state index contributed by atoms with van der Waals surface area (Å²) in [5.41, 5.74) is 0.586. The van der Waals surface area contributed by atoms with E-state index in [0.29, 0.717) is 23.7 Å². The standard InChI is InChI=1S/C30H48O4/c1-18(2)19-9-14-30(25(33)34)16-15-28(5)20(24(19)30)7-8-22-26(3)12-11-23(32)27(4,17-31)21(26)10-13-29(22,28)6/h19-24,31-32H,1,7-17H2,2-6H3,(H,33,34)/t19-,20+,21+,22+,23-,24+,26-,27?,28+,29+,30-/m0/s1. The predicted molar refractivity (Wildman–Crippen MR) is 134 cm³/mol. The molecule has 192 valence electrons. The zero-order chi connectivity index (χ0) is 24.9. The first-order chi connectivity index (χ1) is 15.8. The second-order valence-electron chi connectivity index (χ2n) is 14.4. The minimum absolute atomic E-state index is 0.0568. The topological polar surface area (TPSA) is 77.8 Å². The molecule has 0 radical (unpaired) electrons. The molecular weight excluding hydrogens is 424 g/mol. The van der Waals surface area contributed by atoms with Crippen LogP contribution in [0.25, 0.3) is 0 Å². The zero-order valence-corrected chi connectivity index (χ0v) is 22.2. The van der Waals surface area contributed by atoms with Crippen molar-refractivity contribution in [2.24, 2.45) is 56.7 Å². The van der Waals surface area contributed by atoms with Gasteiger partial charge in [0.25, 0.3) is 0 Å². The van der Waals surface area contributed by atoms with E-state index in [4.69, 9.17) is 0 Å². The van der Waals surface area contributed by atoms with E-state index in [1.54, 1.807) is 0 Å². The van der Waals surface area contributed by atoms with E-state index in [-0.39, 0.29) is 28.8 Å². The first-order valence-corrected chi connectivity index (χ1v) is 14.0. The second kappa shape index (κ2) is 7.57. The van der Waals surface area contributed by atoms with Crippen molar-refractivity contribution in [1.82, 2.24) is 0 Å². The van der Waals surface area contributed by atoms with Crippen LogP contribution in [-0.2, 0) is 4.79 Å².